The quantitative estimate of drug-likeness (QED) is 0.139. The molecule has 0 spiro atoms. The highest BCUT2D eigenvalue weighted by molar-refractivity contribution is 6.36. The van der Waals surface area contributed by atoms with E-state index in [0.717, 1.165) is 58.6 Å². The van der Waals surface area contributed by atoms with Gasteiger partial charge in [-0.25, -0.2) is 9.97 Å². The number of aromatic nitrogens is 3. The Balaban J connectivity index is 1.29. The summed E-state index contributed by atoms with van der Waals surface area (Å²) >= 11 is 6.97. The molecule has 1 aliphatic rings. The van der Waals surface area contributed by atoms with E-state index in [1.54, 1.807) is 12.1 Å². The smallest absolute Gasteiger partial charge is 0.304 e. The van der Waals surface area contributed by atoms with Crippen LogP contribution in [-0.2, 0) is 31.4 Å². The monoisotopic (exact) mass is 679 g/mol. The minimum absolute atomic E-state index is 0.0412. The number of nitrogens with zero attached hydrogens (tertiary/aromatic N) is 5. The van der Waals surface area contributed by atoms with Gasteiger partial charge in [-0.3, -0.25) is 14.5 Å². The fraction of sp³-hybridized carbons (Fsp3) is 0.324. The molecule has 3 heterocycles. The van der Waals surface area contributed by atoms with Crippen LogP contribution in [0.2, 0.25) is 5.02 Å². The first-order valence-corrected chi connectivity index (χ1v) is 16.7. The molecule has 11 nitrogen and oxygen atoms in total. The lowest BCUT2D eigenvalue weighted by Crippen LogP contribution is -2.33. The number of nitriles is 1. The number of carbonyl (C=O) groups is 2. The second-order valence-electron chi connectivity index (χ2n) is 12.5. The predicted octanol–water partition coefficient (Wildman–Crippen LogP) is 6.70. The number of amides is 1. The van der Waals surface area contributed by atoms with E-state index in [9.17, 15) is 20.0 Å². The predicted molar refractivity (Wildman–Crippen MR) is 188 cm³/mol. The number of hydrogen-bond donors (Lipinski definition) is 3. The standard InChI is InChI=1S/C37H38ClN7O4/c1-5-13-45(14-12-32(46)47)20-23-16-24(18-39)34-29(17-23)43-37(49-34)26-9-6-8-25(22(26)3)27-10-7-11-28(33(27)38)42-36(48)35-41-30-19-40-21(2)15-31(30)44(35)4/h6-11,16-17,21,40H,5,12-15,19-20H2,1-4H3,(H,42,48)(H,46,47). The number of hydrogen-bond acceptors (Lipinski definition) is 8. The molecule has 2 aromatic heterocycles. The summed E-state index contributed by atoms with van der Waals surface area (Å²) in [5.41, 5.74) is 7.72. The van der Waals surface area contributed by atoms with Gasteiger partial charge in [0, 0.05) is 56.0 Å². The number of nitrogens with one attached hydrogen (secondary N) is 2. The van der Waals surface area contributed by atoms with Crippen molar-refractivity contribution in [1.29, 1.82) is 5.26 Å². The van der Waals surface area contributed by atoms with Gasteiger partial charge in [0.15, 0.2) is 11.4 Å². The molecule has 0 saturated carbocycles. The third-order valence-corrected chi connectivity index (χ3v) is 9.38. The maximum Gasteiger partial charge on any atom is 0.304 e. The highest BCUT2D eigenvalue weighted by Gasteiger charge is 2.25. The van der Waals surface area contributed by atoms with E-state index in [0.29, 0.717) is 64.8 Å². The number of benzene rings is 3. The van der Waals surface area contributed by atoms with Crippen LogP contribution in [0.15, 0.2) is 52.9 Å². The Kier molecular flexibility index (Phi) is 9.83. The van der Waals surface area contributed by atoms with E-state index >= 15 is 0 Å². The van der Waals surface area contributed by atoms with Crippen LogP contribution < -0.4 is 10.6 Å². The number of carboxylic acids is 1. The lowest BCUT2D eigenvalue weighted by molar-refractivity contribution is -0.137. The highest BCUT2D eigenvalue weighted by atomic mass is 35.5. The Hall–Kier alpha value is -5.02. The van der Waals surface area contributed by atoms with Crippen molar-refractivity contribution < 1.29 is 19.1 Å². The lowest BCUT2D eigenvalue weighted by Gasteiger charge is -2.20. The molecule has 5 aromatic rings. The molecule has 1 amide bonds. The van der Waals surface area contributed by atoms with Crippen molar-refractivity contribution in [2.24, 2.45) is 7.05 Å². The van der Waals surface area contributed by atoms with Crippen molar-refractivity contribution in [2.45, 2.75) is 59.2 Å². The third-order valence-electron chi connectivity index (χ3n) is 8.98. The largest absolute Gasteiger partial charge is 0.481 e. The Morgan fingerprint density at radius 2 is 1.92 bits per heavy atom. The molecule has 0 bridgehead atoms. The number of aliphatic carboxylic acids is 1. The van der Waals surface area contributed by atoms with Gasteiger partial charge < -0.3 is 24.7 Å². The fourth-order valence-electron chi connectivity index (χ4n) is 6.47. The summed E-state index contributed by atoms with van der Waals surface area (Å²) in [4.78, 5) is 36.1. The van der Waals surface area contributed by atoms with E-state index in [2.05, 4.69) is 33.5 Å². The zero-order valence-electron chi connectivity index (χ0n) is 27.9. The first-order valence-electron chi connectivity index (χ1n) is 16.3. The molecule has 0 aliphatic carbocycles. The fourth-order valence-corrected chi connectivity index (χ4v) is 6.75. The molecular formula is C37H38ClN7O4. The molecule has 12 heteroatoms. The zero-order valence-corrected chi connectivity index (χ0v) is 28.7. The molecule has 3 aromatic carbocycles. The van der Waals surface area contributed by atoms with E-state index in [-0.39, 0.29) is 12.3 Å². The number of imidazole rings is 1. The van der Waals surface area contributed by atoms with Crippen LogP contribution in [0, 0.1) is 18.3 Å². The maximum atomic E-state index is 13.4. The molecule has 252 valence electrons. The van der Waals surface area contributed by atoms with Gasteiger partial charge in [0.25, 0.3) is 5.91 Å². The van der Waals surface area contributed by atoms with Crippen molar-refractivity contribution in [3.05, 3.63) is 87.5 Å². The van der Waals surface area contributed by atoms with Gasteiger partial charge >= 0.3 is 5.97 Å². The van der Waals surface area contributed by atoms with Crippen molar-refractivity contribution >= 4 is 40.3 Å². The molecule has 1 unspecified atom stereocenters. The summed E-state index contributed by atoms with van der Waals surface area (Å²) in [5.74, 6) is -0.494. The van der Waals surface area contributed by atoms with Crippen molar-refractivity contribution in [3.8, 4) is 28.7 Å². The normalized spacial score (nSPS) is 14.2. The SMILES string of the molecule is CCCN(CCC(=O)O)Cc1cc(C#N)c2oc(-c3cccc(-c4cccc(NC(=O)c5nc6c(n5C)CC(C)NC6)c4Cl)c3C)nc2c1. The van der Waals surface area contributed by atoms with Gasteiger partial charge in [-0.1, -0.05) is 42.8 Å². The van der Waals surface area contributed by atoms with Gasteiger partial charge in [0.1, 0.15) is 11.6 Å². The Labute approximate surface area is 289 Å². The van der Waals surface area contributed by atoms with Gasteiger partial charge in [-0.2, -0.15) is 5.26 Å². The van der Waals surface area contributed by atoms with E-state index in [1.165, 1.54) is 0 Å². The molecule has 0 fully saturated rings. The van der Waals surface area contributed by atoms with Gasteiger partial charge in [-0.05, 0) is 67.8 Å². The molecule has 1 aliphatic heterocycles. The molecule has 1 atom stereocenters. The Bertz CT molecular complexity index is 2110. The second-order valence-corrected chi connectivity index (χ2v) is 12.9. The van der Waals surface area contributed by atoms with Gasteiger partial charge in [0.2, 0.25) is 5.89 Å². The van der Waals surface area contributed by atoms with E-state index < -0.39 is 5.97 Å². The molecule has 0 radical (unpaired) electrons. The van der Waals surface area contributed by atoms with E-state index in [4.69, 9.17) is 21.0 Å². The van der Waals surface area contributed by atoms with Crippen LogP contribution in [0.25, 0.3) is 33.7 Å². The van der Waals surface area contributed by atoms with Gasteiger partial charge in [0.05, 0.1) is 28.4 Å². The summed E-state index contributed by atoms with van der Waals surface area (Å²) in [6, 6.07) is 17.5. The number of fused-ring (bicyclic) bond motifs is 2. The minimum atomic E-state index is -0.846. The maximum absolute atomic E-state index is 13.4. The van der Waals surface area contributed by atoms with Crippen LogP contribution in [0.1, 0.15) is 65.4 Å². The van der Waals surface area contributed by atoms with Gasteiger partial charge in [-0.15, -0.1) is 0 Å². The number of rotatable bonds is 11. The van der Waals surface area contributed by atoms with Crippen LogP contribution >= 0.6 is 11.6 Å². The number of carbonyl (C=O) groups excluding carboxylic acids is 1. The summed E-state index contributed by atoms with van der Waals surface area (Å²) in [7, 11) is 1.86. The molecule has 6 rings (SSSR count). The highest BCUT2D eigenvalue weighted by Crippen LogP contribution is 2.39. The average Bonchev–Trinajstić information content (AvgIpc) is 3.65. The molecule has 49 heavy (non-hydrogen) atoms. The number of oxazole rings is 1. The minimum Gasteiger partial charge on any atom is -0.481 e. The Morgan fingerprint density at radius 3 is 2.67 bits per heavy atom. The zero-order chi connectivity index (χ0) is 34.8. The van der Waals surface area contributed by atoms with Crippen LogP contribution in [0.5, 0.6) is 0 Å². The van der Waals surface area contributed by atoms with E-state index in [1.807, 2.05) is 61.9 Å². The van der Waals surface area contributed by atoms with Crippen LogP contribution in [0.3, 0.4) is 0 Å². The first kappa shape index (κ1) is 33.9. The topological polar surface area (TPSA) is 149 Å². The summed E-state index contributed by atoms with van der Waals surface area (Å²) in [6.45, 7) is 8.37. The number of halogens is 1. The third kappa shape index (κ3) is 6.94. The summed E-state index contributed by atoms with van der Waals surface area (Å²) in [6.07, 6.45) is 1.71. The van der Waals surface area contributed by atoms with Crippen molar-refractivity contribution in [1.82, 2.24) is 24.8 Å². The average molecular weight is 680 g/mol. The molecular weight excluding hydrogens is 642 g/mol. The van der Waals surface area contributed by atoms with Crippen LogP contribution in [-0.4, -0.2) is 55.5 Å². The van der Waals surface area contributed by atoms with Crippen molar-refractivity contribution in [2.75, 3.05) is 18.4 Å². The lowest BCUT2D eigenvalue weighted by atomic mass is 9.96. The first-order chi connectivity index (χ1) is 23.6. The Morgan fingerprint density at radius 1 is 1.16 bits per heavy atom. The summed E-state index contributed by atoms with van der Waals surface area (Å²) < 4.78 is 8.07. The molecule has 0 saturated heterocycles. The number of anilines is 1. The number of carboxylic acid groups (broad SMARTS) is 1. The van der Waals surface area contributed by atoms with Crippen molar-refractivity contribution in [3.63, 3.8) is 0 Å². The summed E-state index contributed by atoms with van der Waals surface area (Å²) in [5, 5.41) is 25.9. The second kappa shape index (κ2) is 14.2. The van der Waals surface area contributed by atoms with Crippen LogP contribution in [0.4, 0.5) is 5.69 Å². The molecule has 3 N–H and O–H groups in total.